The van der Waals surface area contributed by atoms with E-state index in [1.807, 2.05) is 10.9 Å². The molecule has 3 atom stereocenters. The van der Waals surface area contributed by atoms with Crippen LogP contribution in [0, 0.1) is 0 Å². The van der Waals surface area contributed by atoms with Gasteiger partial charge in [0, 0.05) is 7.11 Å². The lowest BCUT2D eigenvalue weighted by Gasteiger charge is -2.27. The molecule has 96 valence electrons. The van der Waals surface area contributed by atoms with Crippen molar-refractivity contribution in [2.75, 3.05) is 7.11 Å². The van der Waals surface area contributed by atoms with Crippen LogP contribution < -0.4 is 5.73 Å². The van der Waals surface area contributed by atoms with Crippen LogP contribution >= 0.6 is 0 Å². The predicted molar refractivity (Wildman–Crippen MR) is 65.5 cm³/mol. The van der Waals surface area contributed by atoms with Gasteiger partial charge in [-0.2, -0.15) is 0 Å². The number of nitrogens with zero attached hydrogens (tertiary/aromatic N) is 3. The Morgan fingerprint density at radius 2 is 2.41 bits per heavy atom. The van der Waals surface area contributed by atoms with Crippen molar-refractivity contribution in [1.29, 1.82) is 0 Å². The molecule has 1 heterocycles. The summed E-state index contributed by atoms with van der Waals surface area (Å²) < 4.78 is 7.40. The Morgan fingerprint density at radius 1 is 1.59 bits per heavy atom. The molecule has 1 aliphatic rings. The van der Waals surface area contributed by atoms with Gasteiger partial charge >= 0.3 is 0 Å². The number of methoxy groups -OCH3 is 1. The van der Waals surface area contributed by atoms with E-state index < -0.39 is 0 Å². The Bertz CT molecular complexity index is 352. The first-order valence-corrected chi connectivity index (χ1v) is 6.44. The molecule has 2 rings (SSSR count). The van der Waals surface area contributed by atoms with Gasteiger partial charge in [0.15, 0.2) is 0 Å². The molecule has 1 aromatic heterocycles. The molecule has 5 heteroatoms. The lowest BCUT2D eigenvalue weighted by atomic mass is 9.93. The molecule has 1 aliphatic carbocycles. The second-order valence-electron chi connectivity index (χ2n) is 4.82. The molecule has 2 N–H and O–H groups in total. The van der Waals surface area contributed by atoms with Gasteiger partial charge in [0.1, 0.15) is 0 Å². The average Bonchev–Trinajstić information content (AvgIpc) is 2.87. The Kier molecular flexibility index (Phi) is 4.12. The summed E-state index contributed by atoms with van der Waals surface area (Å²) in [6.45, 7) is 2.06. The second-order valence-corrected chi connectivity index (χ2v) is 4.82. The monoisotopic (exact) mass is 238 g/mol. The molecule has 17 heavy (non-hydrogen) atoms. The molecule has 0 amide bonds. The second kappa shape index (κ2) is 5.60. The van der Waals surface area contributed by atoms with Crippen molar-refractivity contribution in [1.82, 2.24) is 15.0 Å². The van der Waals surface area contributed by atoms with Crippen molar-refractivity contribution in [3.05, 3.63) is 11.9 Å². The number of aromatic nitrogens is 3. The number of rotatable bonds is 4. The van der Waals surface area contributed by atoms with Crippen LogP contribution in [-0.2, 0) is 4.74 Å². The third-order valence-electron chi connectivity index (χ3n) is 3.65. The third kappa shape index (κ3) is 2.84. The van der Waals surface area contributed by atoms with Crippen LogP contribution in [-0.4, -0.2) is 28.2 Å². The van der Waals surface area contributed by atoms with Crippen LogP contribution in [0.5, 0.6) is 0 Å². The summed E-state index contributed by atoms with van der Waals surface area (Å²) in [6.07, 6.45) is 7.79. The maximum atomic E-state index is 5.95. The predicted octanol–water partition coefficient (Wildman–Crippen LogP) is 1.82. The van der Waals surface area contributed by atoms with Crippen LogP contribution in [0.1, 0.15) is 56.8 Å². The van der Waals surface area contributed by atoms with E-state index in [9.17, 15) is 0 Å². The number of ether oxygens (including phenoxy) is 1. The zero-order chi connectivity index (χ0) is 12.3. The first kappa shape index (κ1) is 12.5. The molecule has 0 bridgehead atoms. The van der Waals surface area contributed by atoms with Crippen LogP contribution in [0.4, 0.5) is 0 Å². The molecule has 0 aromatic carbocycles. The van der Waals surface area contributed by atoms with Crippen molar-refractivity contribution in [3.63, 3.8) is 0 Å². The van der Waals surface area contributed by atoms with E-state index in [4.69, 9.17) is 10.5 Å². The number of hydrogen-bond donors (Lipinski definition) is 1. The molecule has 0 radical (unpaired) electrons. The van der Waals surface area contributed by atoms with E-state index in [1.165, 1.54) is 6.42 Å². The normalized spacial score (nSPS) is 27.0. The highest BCUT2D eigenvalue weighted by Crippen LogP contribution is 2.29. The minimum Gasteiger partial charge on any atom is -0.381 e. The molecule has 0 aliphatic heterocycles. The maximum absolute atomic E-state index is 5.95. The highest BCUT2D eigenvalue weighted by molar-refractivity contribution is 5.00. The van der Waals surface area contributed by atoms with Gasteiger partial charge in [-0.05, 0) is 32.1 Å². The van der Waals surface area contributed by atoms with Gasteiger partial charge in [0.2, 0.25) is 0 Å². The van der Waals surface area contributed by atoms with Crippen molar-refractivity contribution < 1.29 is 4.74 Å². The summed E-state index contributed by atoms with van der Waals surface area (Å²) >= 11 is 0. The van der Waals surface area contributed by atoms with Crippen molar-refractivity contribution in [3.8, 4) is 0 Å². The summed E-state index contributed by atoms with van der Waals surface area (Å²) in [5, 5.41) is 8.37. The fourth-order valence-corrected chi connectivity index (χ4v) is 2.42. The topological polar surface area (TPSA) is 66.0 Å². The Hall–Kier alpha value is -0.940. The molecule has 0 spiro atoms. The highest BCUT2D eigenvalue weighted by Gasteiger charge is 2.24. The molecule has 3 unspecified atom stereocenters. The lowest BCUT2D eigenvalue weighted by Crippen LogP contribution is -2.24. The van der Waals surface area contributed by atoms with E-state index >= 15 is 0 Å². The highest BCUT2D eigenvalue weighted by atomic mass is 16.5. The molecule has 1 saturated carbocycles. The number of nitrogens with two attached hydrogens (primary N) is 1. The third-order valence-corrected chi connectivity index (χ3v) is 3.65. The number of hydrogen-bond acceptors (Lipinski definition) is 4. The van der Waals surface area contributed by atoms with Crippen LogP contribution in [0.15, 0.2) is 6.20 Å². The maximum Gasteiger partial charge on any atom is 0.0994 e. The van der Waals surface area contributed by atoms with E-state index in [2.05, 4.69) is 17.2 Å². The quantitative estimate of drug-likeness (QED) is 0.869. The SMILES string of the molecule is CCC(N)c1cn(C2CCCC(OC)C2)nn1. The molecular weight excluding hydrogens is 216 g/mol. The fourth-order valence-electron chi connectivity index (χ4n) is 2.42. The first-order chi connectivity index (χ1) is 8.24. The largest absolute Gasteiger partial charge is 0.381 e. The first-order valence-electron chi connectivity index (χ1n) is 6.44. The van der Waals surface area contributed by atoms with E-state index in [0.717, 1.165) is 31.4 Å². The van der Waals surface area contributed by atoms with Crippen molar-refractivity contribution in [2.45, 2.75) is 57.2 Å². The summed E-state index contributed by atoms with van der Waals surface area (Å²) in [4.78, 5) is 0. The Morgan fingerprint density at radius 3 is 3.12 bits per heavy atom. The average molecular weight is 238 g/mol. The van der Waals surface area contributed by atoms with Crippen LogP contribution in [0.3, 0.4) is 0 Å². The zero-order valence-electron chi connectivity index (χ0n) is 10.7. The van der Waals surface area contributed by atoms with Gasteiger partial charge in [0.05, 0.1) is 30.1 Å². The fraction of sp³-hybridized carbons (Fsp3) is 0.833. The van der Waals surface area contributed by atoms with Crippen molar-refractivity contribution in [2.24, 2.45) is 5.73 Å². The molecule has 5 nitrogen and oxygen atoms in total. The summed E-state index contributed by atoms with van der Waals surface area (Å²) in [7, 11) is 1.78. The van der Waals surface area contributed by atoms with Gasteiger partial charge in [0.25, 0.3) is 0 Å². The minimum absolute atomic E-state index is 0.00515. The van der Waals surface area contributed by atoms with E-state index in [1.54, 1.807) is 7.11 Å². The smallest absolute Gasteiger partial charge is 0.0994 e. The Labute approximate surface area is 102 Å². The summed E-state index contributed by atoms with van der Waals surface area (Å²) in [5.74, 6) is 0. The van der Waals surface area contributed by atoms with E-state index in [0.29, 0.717) is 12.1 Å². The lowest BCUT2D eigenvalue weighted by molar-refractivity contribution is 0.0504. The van der Waals surface area contributed by atoms with Gasteiger partial charge < -0.3 is 10.5 Å². The standard InChI is InChI=1S/C12H22N4O/c1-3-11(13)12-8-16(15-14-12)9-5-4-6-10(7-9)17-2/h8-11H,3-7,13H2,1-2H3. The van der Waals surface area contributed by atoms with Crippen LogP contribution in [0.2, 0.25) is 0 Å². The van der Waals surface area contributed by atoms with E-state index in [-0.39, 0.29) is 6.04 Å². The molecule has 0 saturated heterocycles. The van der Waals surface area contributed by atoms with Crippen molar-refractivity contribution >= 4 is 0 Å². The molecule has 1 fully saturated rings. The van der Waals surface area contributed by atoms with Crippen LogP contribution in [0.25, 0.3) is 0 Å². The molecule has 1 aromatic rings. The molecular formula is C12H22N4O. The van der Waals surface area contributed by atoms with Gasteiger partial charge in [-0.3, -0.25) is 0 Å². The van der Waals surface area contributed by atoms with Gasteiger partial charge in [-0.1, -0.05) is 12.1 Å². The Balaban J connectivity index is 2.04. The summed E-state index contributed by atoms with van der Waals surface area (Å²) in [6, 6.07) is 0.421. The van der Waals surface area contributed by atoms with Gasteiger partial charge in [-0.15, -0.1) is 5.10 Å². The zero-order valence-corrected chi connectivity index (χ0v) is 10.7. The van der Waals surface area contributed by atoms with Gasteiger partial charge in [-0.25, -0.2) is 4.68 Å². The summed E-state index contributed by atoms with van der Waals surface area (Å²) in [5.41, 5.74) is 6.85. The minimum atomic E-state index is 0.00515.